The zero-order chi connectivity index (χ0) is 15.2. The molecule has 1 aliphatic rings. The van der Waals surface area contributed by atoms with Crippen LogP contribution >= 0.6 is 12.4 Å². The van der Waals surface area contributed by atoms with E-state index in [1.807, 2.05) is 0 Å². The quantitative estimate of drug-likeness (QED) is 0.849. The number of amides is 1. The minimum atomic E-state index is 0. The Hall–Kier alpha value is -1.06. The highest BCUT2D eigenvalue weighted by Gasteiger charge is 2.16. The van der Waals surface area contributed by atoms with E-state index in [1.54, 1.807) is 0 Å². The fourth-order valence-electron chi connectivity index (χ4n) is 3.05. The van der Waals surface area contributed by atoms with Crippen LogP contribution in [0, 0.1) is 12.8 Å². The van der Waals surface area contributed by atoms with Gasteiger partial charge >= 0.3 is 0 Å². The number of benzene rings is 1. The molecular weight excluding hydrogens is 296 g/mol. The number of carbonyl (C=O) groups is 1. The highest BCUT2D eigenvalue weighted by molar-refractivity contribution is 5.92. The number of halogens is 1. The molecule has 0 bridgehead atoms. The summed E-state index contributed by atoms with van der Waals surface area (Å²) in [7, 11) is 0. The number of hydrogen-bond donors (Lipinski definition) is 2. The van der Waals surface area contributed by atoms with Crippen LogP contribution in [0.15, 0.2) is 18.2 Å². The summed E-state index contributed by atoms with van der Waals surface area (Å²) in [5.74, 6) is 1.28. The molecule has 2 N–H and O–H groups in total. The van der Waals surface area contributed by atoms with E-state index in [-0.39, 0.29) is 18.3 Å². The van der Waals surface area contributed by atoms with Gasteiger partial charge in [0.15, 0.2) is 0 Å². The second kappa shape index (κ2) is 9.16. The van der Waals surface area contributed by atoms with E-state index in [0.717, 1.165) is 30.8 Å². The van der Waals surface area contributed by atoms with Gasteiger partial charge in [0.05, 0.1) is 0 Å². The second-order valence-electron chi connectivity index (χ2n) is 6.47. The van der Waals surface area contributed by atoms with Crippen LogP contribution in [0.4, 0.5) is 5.69 Å². The fourth-order valence-corrected chi connectivity index (χ4v) is 3.05. The average Bonchev–Trinajstić information content (AvgIpc) is 2.48. The van der Waals surface area contributed by atoms with Crippen molar-refractivity contribution < 1.29 is 4.79 Å². The summed E-state index contributed by atoms with van der Waals surface area (Å²) in [5.41, 5.74) is 3.39. The summed E-state index contributed by atoms with van der Waals surface area (Å²) >= 11 is 0. The Morgan fingerprint density at radius 3 is 2.64 bits per heavy atom. The minimum Gasteiger partial charge on any atom is -0.326 e. The van der Waals surface area contributed by atoms with E-state index >= 15 is 0 Å². The van der Waals surface area contributed by atoms with Gasteiger partial charge in [0, 0.05) is 12.1 Å². The van der Waals surface area contributed by atoms with Crippen molar-refractivity contribution in [2.75, 3.05) is 18.4 Å². The topological polar surface area (TPSA) is 41.1 Å². The van der Waals surface area contributed by atoms with Gasteiger partial charge in [-0.3, -0.25) is 4.79 Å². The summed E-state index contributed by atoms with van der Waals surface area (Å²) in [6.07, 6.45) is 4.05. The molecule has 22 heavy (non-hydrogen) atoms. The van der Waals surface area contributed by atoms with E-state index in [4.69, 9.17) is 0 Å². The van der Waals surface area contributed by atoms with Gasteiger partial charge in [-0.25, -0.2) is 0 Å². The first-order chi connectivity index (χ1) is 10.1. The lowest BCUT2D eigenvalue weighted by atomic mass is 9.93. The van der Waals surface area contributed by atoms with Crippen molar-refractivity contribution >= 4 is 24.0 Å². The number of anilines is 1. The lowest BCUT2D eigenvalue weighted by Gasteiger charge is -2.22. The first-order valence-electron chi connectivity index (χ1n) is 8.18. The number of rotatable bonds is 5. The zero-order valence-electron chi connectivity index (χ0n) is 13.9. The average molecular weight is 325 g/mol. The maximum atomic E-state index is 12.3. The van der Waals surface area contributed by atoms with Crippen molar-refractivity contribution in [1.82, 2.24) is 5.32 Å². The Labute approximate surface area is 140 Å². The maximum Gasteiger partial charge on any atom is 0.224 e. The zero-order valence-corrected chi connectivity index (χ0v) is 14.8. The van der Waals surface area contributed by atoms with Gasteiger partial charge in [-0.2, -0.15) is 0 Å². The van der Waals surface area contributed by atoms with Gasteiger partial charge in [0.2, 0.25) is 5.91 Å². The molecule has 0 atom stereocenters. The number of piperidine rings is 1. The smallest absolute Gasteiger partial charge is 0.224 e. The Bertz CT molecular complexity index is 482. The molecule has 0 unspecified atom stereocenters. The molecule has 1 aromatic rings. The molecule has 1 amide bonds. The van der Waals surface area contributed by atoms with Crippen molar-refractivity contribution in [3.63, 3.8) is 0 Å². The lowest BCUT2D eigenvalue weighted by Crippen LogP contribution is -2.28. The standard InChI is InChI=1S/C18H28N2O.ClH/c1-13(2)16-6-4-5-14(3)18(16)20-17(21)8-7-15-9-11-19-12-10-15;/h4-6,13,15,19H,7-12H2,1-3H3,(H,20,21);1H. The lowest BCUT2D eigenvalue weighted by molar-refractivity contribution is -0.116. The van der Waals surface area contributed by atoms with E-state index in [1.165, 1.54) is 18.4 Å². The second-order valence-corrected chi connectivity index (χ2v) is 6.47. The Balaban J connectivity index is 0.00000242. The maximum absolute atomic E-state index is 12.3. The summed E-state index contributed by atoms with van der Waals surface area (Å²) in [5, 5.41) is 6.51. The van der Waals surface area contributed by atoms with Crippen molar-refractivity contribution in [2.24, 2.45) is 5.92 Å². The summed E-state index contributed by atoms with van der Waals surface area (Å²) < 4.78 is 0. The molecule has 0 aliphatic carbocycles. The van der Waals surface area contributed by atoms with Crippen LogP contribution in [0.25, 0.3) is 0 Å². The highest BCUT2D eigenvalue weighted by atomic mass is 35.5. The number of aryl methyl sites for hydroxylation is 1. The van der Waals surface area contributed by atoms with E-state index in [9.17, 15) is 4.79 Å². The highest BCUT2D eigenvalue weighted by Crippen LogP contribution is 2.28. The number of hydrogen-bond acceptors (Lipinski definition) is 2. The van der Waals surface area contributed by atoms with Crippen molar-refractivity contribution in [1.29, 1.82) is 0 Å². The van der Waals surface area contributed by atoms with Crippen LogP contribution in [0.3, 0.4) is 0 Å². The van der Waals surface area contributed by atoms with E-state index < -0.39 is 0 Å². The molecule has 1 heterocycles. The predicted octanol–water partition coefficient (Wildman–Crippen LogP) is 4.26. The molecular formula is C18H29ClN2O. The number of carbonyl (C=O) groups excluding carboxylic acids is 1. The first-order valence-corrected chi connectivity index (χ1v) is 8.18. The van der Waals surface area contributed by atoms with Crippen LogP contribution in [0.2, 0.25) is 0 Å². The third-order valence-electron chi connectivity index (χ3n) is 4.43. The fraction of sp³-hybridized carbons (Fsp3) is 0.611. The van der Waals surface area contributed by atoms with Gasteiger partial charge in [0.25, 0.3) is 0 Å². The van der Waals surface area contributed by atoms with E-state index in [2.05, 4.69) is 49.6 Å². The van der Waals surface area contributed by atoms with Crippen molar-refractivity contribution in [2.45, 2.75) is 52.4 Å². The van der Waals surface area contributed by atoms with Crippen LogP contribution in [-0.2, 0) is 4.79 Å². The molecule has 1 aliphatic heterocycles. The van der Waals surface area contributed by atoms with Crippen LogP contribution in [0.5, 0.6) is 0 Å². The molecule has 0 radical (unpaired) electrons. The predicted molar refractivity (Wildman–Crippen MR) is 96.0 cm³/mol. The molecule has 3 nitrogen and oxygen atoms in total. The van der Waals surface area contributed by atoms with Crippen molar-refractivity contribution in [3.05, 3.63) is 29.3 Å². The Kier molecular flexibility index (Phi) is 7.91. The van der Waals surface area contributed by atoms with Gasteiger partial charge in [-0.1, -0.05) is 32.0 Å². The third-order valence-corrected chi connectivity index (χ3v) is 4.43. The summed E-state index contributed by atoms with van der Waals surface area (Å²) in [6.45, 7) is 8.59. The van der Waals surface area contributed by atoms with Gasteiger partial charge in [-0.05, 0) is 62.2 Å². The van der Waals surface area contributed by atoms with Crippen LogP contribution in [-0.4, -0.2) is 19.0 Å². The molecule has 1 aromatic carbocycles. The van der Waals surface area contributed by atoms with Crippen LogP contribution < -0.4 is 10.6 Å². The Morgan fingerprint density at radius 1 is 1.32 bits per heavy atom. The molecule has 0 aromatic heterocycles. The summed E-state index contributed by atoms with van der Waals surface area (Å²) in [6, 6.07) is 6.24. The third kappa shape index (κ3) is 5.29. The molecule has 1 fully saturated rings. The number of nitrogens with one attached hydrogen (secondary N) is 2. The number of para-hydroxylation sites is 1. The Morgan fingerprint density at radius 2 is 2.00 bits per heavy atom. The molecule has 0 saturated carbocycles. The minimum absolute atomic E-state index is 0. The first kappa shape index (κ1) is 19.0. The SMILES string of the molecule is Cc1cccc(C(C)C)c1NC(=O)CCC1CCNCC1.Cl. The molecule has 0 spiro atoms. The summed E-state index contributed by atoms with van der Waals surface area (Å²) in [4.78, 5) is 12.3. The van der Waals surface area contributed by atoms with Crippen molar-refractivity contribution in [3.8, 4) is 0 Å². The van der Waals surface area contributed by atoms with Gasteiger partial charge in [-0.15, -0.1) is 12.4 Å². The molecule has 1 saturated heterocycles. The van der Waals surface area contributed by atoms with Crippen LogP contribution in [0.1, 0.15) is 56.6 Å². The van der Waals surface area contributed by atoms with E-state index in [0.29, 0.717) is 18.3 Å². The normalized spacial score (nSPS) is 15.5. The largest absolute Gasteiger partial charge is 0.326 e. The van der Waals surface area contributed by atoms with Gasteiger partial charge < -0.3 is 10.6 Å². The molecule has 124 valence electrons. The van der Waals surface area contributed by atoms with Gasteiger partial charge in [0.1, 0.15) is 0 Å². The molecule has 4 heteroatoms. The monoisotopic (exact) mass is 324 g/mol. The molecule has 2 rings (SSSR count).